The third-order valence-corrected chi connectivity index (χ3v) is 3.42. The average molecular weight is 189 g/mol. The van der Waals surface area contributed by atoms with Crippen LogP contribution in [0.5, 0.6) is 0 Å². The van der Waals surface area contributed by atoms with Crippen LogP contribution in [-0.4, -0.2) is 28.7 Å². The van der Waals surface area contributed by atoms with Crippen LogP contribution in [0.3, 0.4) is 0 Å². The van der Waals surface area contributed by atoms with Crippen LogP contribution < -0.4 is 0 Å². The van der Waals surface area contributed by atoms with Gasteiger partial charge in [0, 0.05) is 25.6 Å². The van der Waals surface area contributed by atoms with Crippen molar-refractivity contribution >= 4 is 0 Å². The van der Waals surface area contributed by atoms with Gasteiger partial charge in [-0.1, -0.05) is 30.3 Å². The number of fused-ring (bicyclic) bond motifs is 1. The van der Waals surface area contributed by atoms with Crippen molar-refractivity contribution in [3.63, 3.8) is 0 Å². The lowest BCUT2D eigenvalue weighted by atomic mass is 10.2. The molecule has 0 amide bonds. The molecule has 1 aromatic rings. The molecule has 2 fully saturated rings. The molecule has 1 saturated heterocycles. The van der Waals surface area contributed by atoms with E-state index in [1.54, 1.807) is 0 Å². The molecule has 1 aromatic carbocycles. The van der Waals surface area contributed by atoms with Crippen LogP contribution in [-0.2, 0) is 6.54 Å². The number of nitrogens with zero attached hydrogens (tertiary/aromatic N) is 1. The molecule has 1 aliphatic heterocycles. The van der Waals surface area contributed by atoms with Crippen LogP contribution in [0, 0.1) is 5.92 Å². The molecule has 0 aromatic heterocycles. The third kappa shape index (κ3) is 1.35. The first-order chi connectivity index (χ1) is 6.76. The quantitative estimate of drug-likeness (QED) is 0.757. The number of likely N-dealkylation sites (tertiary alicyclic amines) is 1. The normalized spacial score (nSPS) is 35.6. The van der Waals surface area contributed by atoms with Crippen molar-refractivity contribution in [1.29, 1.82) is 0 Å². The fourth-order valence-corrected chi connectivity index (χ4v) is 2.52. The maximum absolute atomic E-state index is 9.88. The maximum atomic E-state index is 9.88. The zero-order chi connectivity index (χ0) is 9.60. The fourth-order valence-electron chi connectivity index (χ4n) is 2.52. The second kappa shape index (κ2) is 2.81. The zero-order valence-electron chi connectivity index (χ0n) is 8.19. The Morgan fingerprint density at radius 1 is 1.36 bits per heavy atom. The molecule has 0 bridgehead atoms. The minimum absolute atomic E-state index is 0.311. The maximum Gasteiger partial charge on any atom is 0.0819 e. The number of hydrogen-bond donors (Lipinski definition) is 1. The highest BCUT2D eigenvalue weighted by Gasteiger charge is 2.58. The van der Waals surface area contributed by atoms with Crippen LogP contribution in [0.15, 0.2) is 30.3 Å². The van der Waals surface area contributed by atoms with E-state index in [-0.39, 0.29) is 5.60 Å². The third-order valence-electron chi connectivity index (χ3n) is 3.42. The largest absolute Gasteiger partial charge is 0.388 e. The molecule has 1 aliphatic carbocycles. The lowest BCUT2D eigenvalue weighted by molar-refractivity contribution is 0.126. The van der Waals surface area contributed by atoms with Crippen molar-refractivity contribution in [3.8, 4) is 0 Å². The number of hydrogen-bond acceptors (Lipinski definition) is 2. The zero-order valence-corrected chi connectivity index (χ0v) is 8.19. The van der Waals surface area contributed by atoms with E-state index >= 15 is 0 Å². The monoisotopic (exact) mass is 189 g/mol. The van der Waals surface area contributed by atoms with Gasteiger partial charge in [0.25, 0.3) is 0 Å². The van der Waals surface area contributed by atoms with Gasteiger partial charge in [-0.15, -0.1) is 0 Å². The molecule has 1 saturated carbocycles. The van der Waals surface area contributed by atoms with Crippen molar-refractivity contribution in [2.75, 3.05) is 13.1 Å². The predicted octanol–water partition coefficient (Wildman–Crippen LogP) is 1.25. The summed E-state index contributed by atoms with van der Waals surface area (Å²) in [5, 5.41) is 9.88. The minimum Gasteiger partial charge on any atom is -0.388 e. The van der Waals surface area contributed by atoms with Crippen LogP contribution in [0.4, 0.5) is 0 Å². The molecule has 2 nitrogen and oxygen atoms in total. The summed E-state index contributed by atoms with van der Waals surface area (Å²) < 4.78 is 0. The molecule has 2 aliphatic rings. The van der Waals surface area contributed by atoms with Gasteiger partial charge in [0.2, 0.25) is 0 Å². The molecule has 0 spiro atoms. The van der Waals surface area contributed by atoms with Crippen molar-refractivity contribution in [2.24, 2.45) is 5.92 Å². The number of β-amino-alcohol motifs (C(OH)–C–C–N with tert-alkyl or cyclic N) is 1. The lowest BCUT2D eigenvalue weighted by Gasteiger charge is -2.18. The van der Waals surface area contributed by atoms with Crippen molar-refractivity contribution in [3.05, 3.63) is 35.9 Å². The summed E-state index contributed by atoms with van der Waals surface area (Å²) in [6.07, 6.45) is 1.03. The number of aliphatic hydroxyl groups is 1. The molecule has 2 atom stereocenters. The summed E-state index contributed by atoms with van der Waals surface area (Å²) in [7, 11) is 0. The summed E-state index contributed by atoms with van der Waals surface area (Å²) in [6, 6.07) is 10.5. The molecule has 2 heteroatoms. The van der Waals surface area contributed by atoms with E-state index < -0.39 is 0 Å². The van der Waals surface area contributed by atoms with E-state index in [0.717, 1.165) is 26.1 Å². The van der Waals surface area contributed by atoms with Gasteiger partial charge in [-0.2, -0.15) is 0 Å². The molecule has 74 valence electrons. The Hall–Kier alpha value is -0.860. The van der Waals surface area contributed by atoms with Gasteiger partial charge in [-0.25, -0.2) is 0 Å². The molecule has 0 radical (unpaired) electrons. The Labute approximate surface area is 84.2 Å². The number of piperidine rings is 1. The standard InChI is InChI=1S/C12H15NO/c14-12-6-11(12)8-13(9-12)7-10-4-2-1-3-5-10/h1-5,11,14H,6-9H2/t11-,12-/m0/s1. The fraction of sp³-hybridized carbons (Fsp3) is 0.500. The summed E-state index contributed by atoms with van der Waals surface area (Å²) in [5.41, 5.74) is 1.03. The topological polar surface area (TPSA) is 23.5 Å². The smallest absolute Gasteiger partial charge is 0.0819 e. The second-order valence-electron chi connectivity index (χ2n) is 4.66. The van der Waals surface area contributed by atoms with Crippen LogP contribution in [0.2, 0.25) is 0 Å². The number of benzene rings is 1. The molecular weight excluding hydrogens is 174 g/mol. The molecule has 1 heterocycles. The van der Waals surface area contributed by atoms with E-state index in [1.165, 1.54) is 5.56 Å². The van der Waals surface area contributed by atoms with Crippen LogP contribution in [0.1, 0.15) is 12.0 Å². The number of rotatable bonds is 2. The van der Waals surface area contributed by atoms with Crippen LogP contribution >= 0.6 is 0 Å². The predicted molar refractivity (Wildman–Crippen MR) is 54.8 cm³/mol. The molecular formula is C12H15NO. The van der Waals surface area contributed by atoms with Gasteiger partial charge < -0.3 is 5.11 Å². The summed E-state index contributed by atoms with van der Waals surface area (Å²) in [5.74, 6) is 0.561. The highest BCUT2D eigenvalue weighted by molar-refractivity contribution is 5.17. The van der Waals surface area contributed by atoms with E-state index in [9.17, 15) is 5.11 Å². The lowest BCUT2D eigenvalue weighted by Crippen LogP contribution is -2.26. The van der Waals surface area contributed by atoms with Gasteiger partial charge in [0.05, 0.1) is 5.60 Å². The average Bonchev–Trinajstić information content (AvgIpc) is 2.67. The summed E-state index contributed by atoms with van der Waals surface area (Å²) >= 11 is 0. The molecule has 3 rings (SSSR count). The Morgan fingerprint density at radius 2 is 2.14 bits per heavy atom. The van der Waals surface area contributed by atoms with E-state index in [0.29, 0.717) is 5.92 Å². The molecule has 14 heavy (non-hydrogen) atoms. The van der Waals surface area contributed by atoms with Crippen molar-refractivity contribution in [1.82, 2.24) is 4.90 Å². The second-order valence-corrected chi connectivity index (χ2v) is 4.66. The Balaban J connectivity index is 1.65. The van der Waals surface area contributed by atoms with Gasteiger partial charge in [0.1, 0.15) is 0 Å². The highest BCUT2D eigenvalue weighted by atomic mass is 16.3. The molecule has 0 unspecified atom stereocenters. The van der Waals surface area contributed by atoms with Gasteiger partial charge >= 0.3 is 0 Å². The van der Waals surface area contributed by atoms with Crippen LogP contribution in [0.25, 0.3) is 0 Å². The Bertz CT molecular complexity index is 337. The highest BCUT2D eigenvalue weighted by Crippen LogP contribution is 2.49. The van der Waals surface area contributed by atoms with E-state index in [1.807, 2.05) is 6.07 Å². The molecule has 1 N–H and O–H groups in total. The van der Waals surface area contributed by atoms with Gasteiger partial charge in [-0.05, 0) is 12.0 Å². The van der Waals surface area contributed by atoms with Gasteiger partial charge in [-0.3, -0.25) is 4.90 Å². The Morgan fingerprint density at radius 3 is 2.79 bits per heavy atom. The summed E-state index contributed by atoms with van der Waals surface area (Å²) in [4.78, 5) is 2.35. The Kier molecular flexibility index (Phi) is 1.70. The van der Waals surface area contributed by atoms with E-state index in [2.05, 4.69) is 29.2 Å². The van der Waals surface area contributed by atoms with E-state index in [4.69, 9.17) is 0 Å². The van der Waals surface area contributed by atoms with Crippen molar-refractivity contribution < 1.29 is 5.11 Å². The minimum atomic E-state index is -0.311. The van der Waals surface area contributed by atoms with Gasteiger partial charge in [0.15, 0.2) is 0 Å². The van der Waals surface area contributed by atoms with Crippen molar-refractivity contribution in [2.45, 2.75) is 18.6 Å². The SMILES string of the molecule is O[C@]12C[C@H]1CN(Cc1ccccc1)C2. The summed E-state index contributed by atoms with van der Waals surface area (Å²) in [6.45, 7) is 2.93. The first-order valence-corrected chi connectivity index (χ1v) is 5.25. The first-order valence-electron chi connectivity index (χ1n) is 5.25. The first kappa shape index (κ1) is 8.45.